The van der Waals surface area contributed by atoms with Crippen molar-refractivity contribution in [1.82, 2.24) is 25.3 Å². The molecule has 8 heteroatoms. The topological polar surface area (TPSA) is 107 Å². The van der Waals surface area contributed by atoms with Gasteiger partial charge in [-0.1, -0.05) is 47.3 Å². The van der Waals surface area contributed by atoms with E-state index in [1.807, 2.05) is 30.3 Å². The van der Waals surface area contributed by atoms with Crippen molar-refractivity contribution >= 4 is 17.7 Å². The van der Waals surface area contributed by atoms with Gasteiger partial charge in [0.05, 0.1) is 5.75 Å². The van der Waals surface area contributed by atoms with Gasteiger partial charge in [-0.15, -0.1) is 5.10 Å². The average Bonchev–Trinajstić information content (AvgIpc) is 3.06. The molecular weight excluding hydrogens is 264 g/mol. The van der Waals surface area contributed by atoms with E-state index >= 15 is 0 Å². The Labute approximate surface area is 112 Å². The van der Waals surface area contributed by atoms with E-state index in [9.17, 15) is 0 Å². The van der Waals surface area contributed by atoms with Crippen LogP contribution in [0, 0.1) is 0 Å². The second-order valence-electron chi connectivity index (χ2n) is 3.67. The molecular formula is C11H10N6OS. The van der Waals surface area contributed by atoms with Crippen LogP contribution in [0.15, 0.2) is 40.0 Å². The Balaban J connectivity index is 1.68. The molecule has 0 atom stereocenters. The molecule has 0 bridgehead atoms. The highest BCUT2D eigenvalue weighted by Gasteiger charge is 2.10. The van der Waals surface area contributed by atoms with E-state index in [0.717, 1.165) is 5.56 Å². The van der Waals surface area contributed by atoms with Gasteiger partial charge in [0.1, 0.15) is 0 Å². The van der Waals surface area contributed by atoms with E-state index in [1.54, 1.807) is 0 Å². The summed E-state index contributed by atoms with van der Waals surface area (Å²) < 4.78 is 5.17. The lowest BCUT2D eigenvalue weighted by Gasteiger charge is -1.91. The fraction of sp³-hybridized carbons (Fsp3) is 0.0909. The number of hydrogen-bond donors (Lipinski definition) is 2. The second kappa shape index (κ2) is 5.11. The molecule has 2 heterocycles. The minimum Gasteiger partial charge on any atom is -0.368 e. The first-order valence-corrected chi connectivity index (χ1v) is 6.48. The maximum atomic E-state index is 5.43. The number of anilines is 1. The summed E-state index contributed by atoms with van der Waals surface area (Å²) in [5.41, 5.74) is 6.35. The van der Waals surface area contributed by atoms with Crippen molar-refractivity contribution in [2.45, 2.75) is 10.9 Å². The van der Waals surface area contributed by atoms with Gasteiger partial charge in [-0.25, -0.2) is 5.10 Å². The van der Waals surface area contributed by atoms with Crippen LogP contribution in [-0.4, -0.2) is 25.3 Å². The van der Waals surface area contributed by atoms with E-state index in [1.165, 1.54) is 11.8 Å². The molecule has 19 heavy (non-hydrogen) atoms. The summed E-state index contributed by atoms with van der Waals surface area (Å²) in [7, 11) is 0. The Morgan fingerprint density at radius 1 is 1.21 bits per heavy atom. The molecule has 0 aliphatic heterocycles. The number of thioether (sulfide) groups is 1. The predicted molar refractivity (Wildman–Crippen MR) is 70.1 cm³/mol. The average molecular weight is 274 g/mol. The molecule has 1 aromatic carbocycles. The molecule has 7 nitrogen and oxygen atoms in total. The summed E-state index contributed by atoms with van der Waals surface area (Å²) in [6.07, 6.45) is 0. The largest absolute Gasteiger partial charge is 0.368 e. The lowest BCUT2D eigenvalue weighted by Crippen LogP contribution is -1.85. The number of hydrogen-bond acceptors (Lipinski definition) is 7. The van der Waals surface area contributed by atoms with Crippen LogP contribution in [-0.2, 0) is 5.75 Å². The monoisotopic (exact) mass is 274 g/mol. The second-order valence-corrected chi connectivity index (χ2v) is 4.61. The van der Waals surface area contributed by atoms with Crippen LogP contribution in [0.4, 0.5) is 5.95 Å². The maximum Gasteiger partial charge on any atom is 0.237 e. The zero-order chi connectivity index (χ0) is 13.1. The number of H-pyrrole nitrogens is 1. The van der Waals surface area contributed by atoms with Gasteiger partial charge >= 0.3 is 0 Å². The minimum atomic E-state index is 0.290. The quantitative estimate of drug-likeness (QED) is 0.697. The lowest BCUT2D eigenvalue weighted by molar-refractivity contribution is 0.391. The number of benzene rings is 1. The Bertz CT molecular complexity index is 665. The van der Waals surface area contributed by atoms with Crippen molar-refractivity contribution in [3.05, 3.63) is 36.2 Å². The number of rotatable bonds is 4. The third kappa shape index (κ3) is 2.74. The molecule has 0 saturated heterocycles. The van der Waals surface area contributed by atoms with Crippen molar-refractivity contribution in [3.8, 4) is 11.4 Å². The first kappa shape index (κ1) is 11.7. The molecule has 0 spiro atoms. The highest BCUT2D eigenvalue weighted by molar-refractivity contribution is 7.98. The van der Waals surface area contributed by atoms with Gasteiger partial charge in [0.2, 0.25) is 22.8 Å². The molecule has 3 N–H and O–H groups in total. The molecule has 2 aromatic heterocycles. The van der Waals surface area contributed by atoms with Gasteiger partial charge in [-0.05, 0) is 0 Å². The van der Waals surface area contributed by atoms with Crippen molar-refractivity contribution in [1.29, 1.82) is 0 Å². The lowest BCUT2D eigenvalue weighted by atomic mass is 10.2. The van der Waals surface area contributed by atoms with Gasteiger partial charge in [0.15, 0.2) is 0 Å². The first-order valence-electron chi connectivity index (χ1n) is 5.50. The van der Waals surface area contributed by atoms with Crippen LogP contribution in [0.25, 0.3) is 11.4 Å². The summed E-state index contributed by atoms with van der Waals surface area (Å²) in [6.45, 7) is 0. The van der Waals surface area contributed by atoms with Gasteiger partial charge in [0, 0.05) is 5.56 Å². The van der Waals surface area contributed by atoms with E-state index in [4.69, 9.17) is 10.3 Å². The number of nitrogens with one attached hydrogen (secondary N) is 1. The number of nitrogens with two attached hydrogens (primary N) is 1. The summed E-state index contributed by atoms with van der Waals surface area (Å²) >= 11 is 1.37. The maximum absolute atomic E-state index is 5.43. The molecule has 0 saturated carbocycles. The van der Waals surface area contributed by atoms with Crippen molar-refractivity contribution in [3.63, 3.8) is 0 Å². The van der Waals surface area contributed by atoms with Crippen molar-refractivity contribution < 1.29 is 4.52 Å². The number of nitrogens with zero attached hydrogens (tertiary/aromatic N) is 4. The molecule has 96 valence electrons. The fourth-order valence-electron chi connectivity index (χ4n) is 1.47. The number of nitrogen functional groups attached to an aromatic ring is 1. The molecule has 0 unspecified atom stereocenters. The van der Waals surface area contributed by atoms with Crippen molar-refractivity contribution in [2.75, 3.05) is 5.73 Å². The van der Waals surface area contributed by atoms with Crippen molar-refractivity contribution in [2.24, 2.45) is 0 Å². The van der Waals surface area contributed by atoms with E-state index in [-0.39, 0.29) is 5.95 Å². The van der Waals surface area contributed by atoms with Gasteiger partial charge in [0.25, 0.3) is 0 Å². The zero-order valence-electron chi connectivity index (χ0n) is 9.78. The molecule has 0 amide bonds. The van der Waals surface area contributed by atoms with Gasteiger partial charge in [-0.2, -0.15) is 9.97 Å². The first-order chi connectivity index (χ1) is 9.31. The van der Waals surface area contributed by atoms with Crippen LogP contribution in [0.3, 0.4) is 0 Å². The number of aromatic amines is 1. The predicted octanol–water partition coefficient (Wildman–Crippen LogP) is 1.73. The molecule has 0 aliphatic rings. The SMILES string of the molecule is Nc1nc(SCc2nc(-c3ccccc3)no2)n[nH]1. The smallest absolute Gasteiger partial charge is 0.237 e. The van der Waals surface area contributed by atoms with Crippen LogP contribution < -0.4 is 5.73 Å². The molecule has 0 fully saturated rings. The van der Waals surface area contributed by atoms with E-state index < -0.39 is 0 Å². The fourth-order valence-corrected chi connectivity index (χ4v) is 2.11. The summed E-state index contributed by atoms with van der Waals surface area (Å²) in [5, 5.41) is 11.0. The molecule has 3 aromatic rings. The molecule has 0 aliphatic carbocycles. The molecule has 3 rings (SSSR count). The Morgan fingerprint density at radius 3 is 2.79 bits per heavy atom. The minimum absolute atomic E-state index is 0.290. The highest BCUT2D eigenvalue weighted by Crippen LogP contribution is 2.20. The summed E-state index contributed by atoms with van der Waals surface area (Å²) in [4.78, 5) is 8.28. The Hall–Kier alpha value is -2.35. The third-order valence-corrected chi connectivity index (χ3v) is 3.14. The molecule has 0 radical (unpaired) electrons. The Morgan fingerprint density at radius 2 is 2.05 bits per heavy atom. The standard InChI is InChI=1S/C11H10N6OS/c12-10-14-11(16-15-10)19-6-8-13-9(17-18-8)7-4-2-1-3-5-7/h1-5H,6H2,(H3,12,14,15,16). The van der Waals surface area contributed by atoms with E-state index in [2.05, 4.69) is 25.3 Å². The number of aromatic nitrogens is 5. The zero-order valence-corrected chi connectivity index (χ0v) is 10.6. The van der Waals surface area contributed by atoms with Gasteiger partial charge < -0.3 is 10.3 Å². The van der Waals surface area contributed by atoms with Gasteiger partial charge in [-0.3, -0.25) is 0 Å². The normalized spacial score (nSPS) is 10.7. The Kier molecular flexibility index (Phi) is 3.15. The van der Waals surface area contributed by atoms with Crippen LogP contribution in [0.1, 0.15) is 5.89 Å². The van der Waals surface area contributed by atoms with Crippen LogP contribution >= 0.6 is 11.8 Å². The third-order valence-electron chi connectivity index (χ3n) is 2.31. The van der Waals surface area contributed by atoms with Crippen LogP contribution in [0.5, 0.6) is 0 Å². The van der Waals surface area contributed by atoms with E-state index in [0.29, 0.717) is 22.6 Å². The summed E-state index contributed by atoms with van der Waals surface area (Å²) in [6, 6.07) is 9.65. The van der Waals surface area contributed by atoms with Crippen LogP contribution in [0.2, 0.25) is 0 Å². The summed E-state index contributed by atoms with van der Waals surface area (Å²) in [5.74, 6) is 1.88. The highest BCUT2D eigenvalue weighted by atomic mass is 32.2.